The summed E-state index contributed by atoms with van der Waals surface area (Å²) in [6.07, 6.45) is 1.46. The number of hydrogen-bond acceptors (Lipinski definition) is 4. The number of halogens is 1. The van der Waals surface area contributed by atoms with Gasteiger partial charge in [0.25, 0.3) is 10.0 Å². The molecule has 0 bridgehead atoms. The summed E-state index contributed by atoms with van der Waals surface area (Å²) in [5.74, 6) is 0.727. The third-order valence-electron chi connectivity index (χ3n) is 3.99. The number of nitrogens with zero attached hydrogens (tertiary/aromatic N) is 1. The molecule has 27 heavy (non-hydrogen) atoms. The van der Waals surface area contributed by atoms with Gasteiger partial charge in [-0.2, -0.15) is 13.5 Å². The lowest BCUT2D eigenvalue weighted by Gasteiger charge is -2.20. The summed E-state index contributed by atoms with van der Waals surface area (Å²) in [7, 11) is -3.76. The fourth-order valence-electron chi connectivity index (χ4n) is 2.45. The Morgan fingerprint density at radius 3 is 2.48 bits per heavy atom. The minimum Gasteiger partial charge on any atom is -0.493 e. The molecule has 0 amide bonds. The van der Waals surface area contributed by atoms with Crippen LogP contribution < -0.4 is 9.57 Å². The molecule has 0 aromatic heterocycles. The highest BCUT2D eigenvalue weighted by atomic mass is 79.9. The summed E-state index contributed by atoms with van der Waals surface area (Å²) >= 11 is 3.43. The van der Waals surface area contributed by atoms with Gasteiger partial charge < -0.3 is 4.74 Å². The van der Waals surface area contributed by atoms with Crippen LogP contribution in [0.25, 0.3) is 0 Å². The Bertz CT molecular complexity index is 948. The van der Waals surface area contributed by atoms with Crippen LogP contribution in [-0.4, -0.2) is 21.2 Å². The summed E-state index contributed by atoms with van der Waals surface area (Å²) in [4.78, 5) is 2.53. The van der Waals surface area contributed by atoms with Crippen molar-refractivity contribution in [1.29, 1.82) is 0 Å². The molecule has 146 valence electrons. The Hall–Kier alpha value is -1.86. The summed E-state index contributed by atoms with van der Waals surface area (Å²) in [5.41, 5.74) is 2.23. The van der Waals surface area contributed by atoms with Crippen molar-refractivity contribution in [2.45, 2.75) is 44.9 Å². The van der Waals surface area contributed by atoms with Crippen LogP contribution in [0.1, 0.15) is 44.4 Å². The predicted molar refractivity (Wildman–Crippen MR) is 113 cm³/mol. The average Bonchev–Trinajstić information content (AvgIpc) is 2.56. The molecule has 0 saturated heterocycles. The van der Waals surface area contributed by atoms with Gasteiger partial charge in [-0.3, -0.25) is 0 Å². The molecule has 0 atom stereocenters. The first-order chi connectivity index (χ1) is 12.5. The van der Waals surface area contributed by atoms with Crippen molar-refractivity contribution in [2.75, 3.05) is 6.61 Å². The van der Waals surface area contributed by atoms with E-state index in [1.165, 1.54) is 6.21 Å². The SMILES string of the molecule is CCOc1ccc(/C=N/NS(=O)(=O)c2cc(C(C)(C)C)ccc2C)cc1Br. The normalized spacial score (nSPS) is 12.4. The molecule has 2 aromatic carbocycles. The molecular weight excluding hydrogens is 428 g/mol. The van der Waals surface area contributed by atoms with E-state index in [4.69, 9.17) is 4.74 Å². The summed E-state index contributed by atoms with van der Waals surface area (Å²) < 4.78 is 31.6. The van der Waals surface area contributed by atoms with Crippen LogP contribution in [0.5, 0.6) is 5.75 Å². The average molecular weight is 453 g/mol. The van der Waals surface area contributed by atoms with Crippen LogP contribution in [0.3, 0.4) is 0 Å². The Morgan fingerprint density at radius 2 is 1.89 bits per heavy atom. The Labute approximate surface area is 170 Å². The van der Waals surface area contributed by atoms with E-state index in [2.05, 4.69) is 25.9 Å². The van der Waals surface area contributed by atoms with Crippen molar-refractivity contribution < 1.29 is 13.2 Å². The number of sulfonamides is 1. The minimum atomic E-state index is -3.76. The van der Waals surface area contributed by atoms with E-state index in [9.17, 15) is 8.42 Å². The van der Waals surface area contributed by atoms with Crippen molar-refractivity contribution in [1.82, 2.24) is 4.83 Å². The van der Waals surface area contributed by atoms with Gasteiger partial charge in [0.05, 0.1) is 22.2 Å². The van der Waals surface area contributed by atoms with E-state index >= 15 is 0 Å². The Balaban J connectivity index is 2.22. The van der Waals surface area contributed by atoms with Gasteiger partial charge in [-0.15, -0.1) is 0 Å². The molecule has 0 heterocycles. The largest absolute Gasteiger partial charge is 0.493 e. The summed E-state index contributed by atoms with van der Waals surface area (Å²) in [6, 6.07) is 10.9. The number of benzene rings is 2. The lowest BCUT2D eigenvalue weighted by molar-refractivity contribution is 0.338. The first-order valence-corrected chi connectivity index (χ1v) is 10.9. The van der Waals surface area contributed by atoms with E-state index in [0.29, 0.717) is 12.2 Å². The molecule has 0 aliphatic heterocycles. The second-order valence-electron chi connectivity index (χ2n) is 7.21. The Kier molecular flexibility index (Phi) is 6.70. The highest BCUT2D eigenvalue weighted by molar-refractivity contribution is 9.10. The molecule has 0 aliphatic carbocycles. The smallest absolute Gasteiger partial charge is 0.276 e. The van der Waals surface area contributed by atoms with E-state index < -0.39 is 10.0 Å². The molecular formula is C20H25BrN2O3S. The number of rotatable bonds is 6. The molecule has 2 aromatic rings. The van der Waals surface area contributed by atoms with Crippen LogP contribution in [-0.2, 0) is 15.4 Å². The number of hydrogen-bond donors (Lipinski definition) is 1. The van der Waals surface area contributed by atoms with E-state index in [0.717, 1.165) is 21.3 Å². The number of aryl methyl sites for hydroxylation is 1. The standard InChI is InChI=1S/C20H25BrN2O3S/c1-6-26-18-10-8-15(11-17(18)21)13-22-23-27(24,25)19-12-16(20(3,4)5)9-7-14(19)2/h7-13,23H,6H2,1-5H3/b22-13+. The van der Waals surface area contributed by atoms with Crippen molar-refractivity contribution in [3.05, 3.63) is 57.6 Å². The zero-order valence-corrected chi connectivity index (χ0v) is 18.6. The molecule has 1 N–H and O–H groups in total. The molecule has 0 unspecified atom stereocenters. The molecule has 0 radical (unpaired) electrons. The second-order valence-corrected chi connectivity index (χ2v) is 9.69. The monoisotopic (exact) mass is 452 g/mol. The van der Waals surface area contributed by atoms with E-state index in [1.54, 1.807) is 25.1 Å². The maximum atomic E-state index is 12.7. The molecule has 2 rings (SSSR count). The van der Waals surface area contributed by atoms with Crippen LogP contribution in [0.15, 0.2) is 50.9 Å². The highest BCUT2D eigenvalue weighted by Crippen LogP contribution is 2.27. The van der Waals surface area contributed by atoms with Crippen LogP contribution in [0.4, 0.5) is 0 Å². The number of ether oxygens (including phenoxy) is 1. The Morgan fingerprint density at radius 1 is 1.19 bits per heavy atom. The fraction of sp³-hybridized carbons (Fsp3) is 0.350. The van der Waals surface area contributed by atoms with Crippen molar-refractivity contribution in [2.24, 2.45) is 5.10 Å². The van der Waals surface area contributed by atoms with Crippen LogP contribution in [0, 0.1) is 6.92 Å². The molecule has 5 nitrogen and oxygen atoms in total. The molecule has 7 heteroatoms. The second kappa shape index (κ2) is 8.44. The molecule has 0 saturated carbocycles. The van der Waals surface area contributed by atoms with Gasteiger partial charge in [-0.1, -0.05) is 32.9 Å². The summed E-state index contributed by atoms with van der Waals surface area (Å²) in [5, 5.41) is 3.91. The van der Waals surface area contributed by atoms with Gasteiger partial charge in [0.15, 0.2) is 0 Å². The lowest BCUT2D eigenvalue weighted by atomic mass is 9.87. The quantitative estimate of drug-likeness (QED) is 0.506. The van der Waals surface area contributed by atoms with Crippen LogP contribution in [0.2, 0.25) is 0 Å². The van der Waals surface area contributed by atoms with Gasteiger partial charge >= 0.3 is 0 Å². The zero-order valence-electron chi connectivity index (χ0n) is 16.2. The van der Waals surface area contributed by atoms with E-state index in [1.807, 2.05) is 45.9 Å². The van der Waals surface area contributed by atoms with Crippen LogP contribution >= 0.6 is 15.9 Å². The highest BCUT2D eigenvalue weighted by Gasteiger charge is 2.21. The van der Waals surface area contributed by atoms with Crippen molar-refractivity contribution in [3.63, 3.8) is 0 Å². The van der Waals surface area contributed by atoms with E-state index in [-0.39, 0.29) is 10.3 Å². The van der Waals surface area contributed by atoms with Gasteiger partial charge in [0.2, 0.25) is 0 Å². The lowest BCUT2D eigenvalue weighted by Crippen LogP contribution is -2.21. The van der Waals surface area contributed by atoms with Crippen molar-refractivity contribution >= 4 is 32.2 Å². The third-order valence-corrected chi connectivity index (χ3v) is 5.97. The topological polar surface area (TPSA) is 67.8 Å². The first-order valence-electron chi connectivity index (χ1n) is 8.63. The number of nitrogens with one attached hydrogen (secondary N) is 1. The maximum absolute atomic E-state index is 12.7. The minimum absolute atomic E-state index is 0.143. The predicted octanol–water partition coefficient (Wildman–Crippen LogP) is 4.77. The molecule has 0 spiro atoms. The van der Waals surface area contributed by atoms with Gasteiger partial charge in [-0.05, 0) is 76.1 Å². The zero-order chi connectivity index (χ0) is 20.2. The third kappa shape index (κ3) is 5.56. The fourth-order valence-corrected chi connectivity index (χ4v) is 4.02. The van der Waals surface area contributed by atoms with Gasteiger partial charge in [0.1, 0.15) is 5.75 Å². The van der Waals surface area contributed by atoms with Gasteiger partial charge in [0, 0.05) is 0 Å². The molecule has 0 aliphatic rings. The number of hydrazone groups is 1. The molecule has 0 fully saturated rings. The summed E-state index contributed by atoms with van der Waals surface area (Å²) in [6.45, 7) is 10.4. The maximum Gasteiger partial charge on any atom is 0.276 e. The first kappa shape index (κ1) is 21.4. The van der Waals surface area contributed by atoms with Gasteiger partial charge in [-0.25, -0.2) is 4.83 Å². The van der Waals surface area contributed by atoms with Crippen molar-refractivity contribution in [3.8, 4) is 5.75 Å².